The van der Waals surface area contributed by atoms with E-state index in [2.05, 4.69) is 43.4 Å². The van der Waals surface area contributed by atoms with Crippen LogP contribution in [0.15, 0.2) is 18.2 Å². The third kappa shape index (κ3) is 3.38. The maximum Gasteiger partial charge on any atom is 0.276 e. The highest BCUT2D eigenvalue weighted by molar-refractivity contribution is 14.1. The van der Waals surface area contributed by atoms with Crippen molar-refractivity contribution in [3.8, 4) is 0 Å². The number of anilines is 1. The summed E-state index contributed by atoms with van der Waals surface area (Å²) in [6.07, 6.45) is 0.887. The predicted molar refractivity (Wildman–Crippen MR) is 93.1 cm³/mol. The lowest BCUT2D eigenvalue weighted by Crippen LogP contribution is -2.25. The first-order valence-electron chi connectivity index (χ1n) is 6.49. The van der Waals surface area contributed by atoms with Gasteiger partial charge in [0.2, 0.25) is 0 Å². The predicted octanol–water partition coefficient (Wildman–Crippen LogP) is 2.64. The van der Waals surface area contributed by atoms with Crippen LogP contribution in [-0.2, 0) is 13.0 Å². The zero-order chi connectivity index (χ0) is 14.1. The second-order valence-corrected chi connectivity index (χ2v) is 6.12. The number of hydrogen-bond acceptors (Lipinski definition) is 3. The highest BCUT2D eigenvalue weighted by Crippen LogP contribution is 2.20. The average Bonchev–Trinajstić information content (AvgIpc) is 2.86. The maximum absolute atomic E-state index is 12.4. The van der Waals surface area contributed by atoms with E-state index in [4.69, 9.17) is 0 Å². The number of carbonyl (C=O) groups is 1. The fraction of sp³-hybridized carbons (Fsp3) is 0.286. The number of nitrogens with zero attached hydrogens (tertiary/aromatic N) is 1. The summed E-state index contributed by atoms with van der Waals surface area (Å²) in [5.74, 6) is -0.157. The van der Waals surface area contributed by atoms with Gasteiger partial charge in [-0.15, -0.1) is 12.4 Å². The smallest absolute Gasteiger partial charge is 0.276 e. The molecule has 1 aliphatic rings. The topological polar surface area (TPSA) is 69.8 Å². The van der Waals surface area contributed by atoms with E-state index >= 15 is 0 Å². The SMILES string of the molecule is Cc1cc(I)ccc1NC(=O)c1n[nH]c2c1CNCC2.Cl. The van der Waals surface area contributed by atoms with Crippen molar-refractivity contribution in [1.82, 2.24) is 15.5 Å². The molecule has 5 nitrogen and oxygen atoms in total. The van der Waals surface area contributed by atoms with Gasteiger partial charge in [0.05, 0.1) is 0 Å². The maximum atomic E-state index is 12.4. The Morgan fingerprint density at radius 3 is 3.00 bits per heavy atom. The molecule has 3 N–H and O–H groups in total. The third-order valence-corrected chi connectivity index (χ3v) is 4.13. The molecule has 0 radical (unpaired) electrons. The van der Waals surface area contributed by atoms with Crippen molar-refractivity contribution in [2.75, 3.05) is 11.9 Å². The molecule has 0 fully saturated rings. The summed E-state index contributed by atoms with van der Waals surface area (Å²) in [5.41, 5.74) is 4.42. The molecule has 7 heteroatoms. The lowest BCUT2D eigenvalue weighted by molar-refractivity contribution is 0.102. The van der Waals surface area contributed by atoms with Gasteiger partial charge in [0, 0.05) is 40.0 Å². The lowest BCUT2D eigenvalue weighted by atomic mass is 10.1. The Balaban J connectivity index is 0.00000161. The molecule has 2 heterocycles. The monoisotopic (exact) mass is 418 g/mol. The number of aryl methyl sites for hydroxylation is 1. The lowest BCUT2D eigenvalue weighted by Gasteiger charge is -2.13. The molecule has 1 aromatic heterocycles. The van der Waals surface area contributed by atoms with Crippen LogP contribution in [-0.4, -0.2) is 22.6 Å². The second-order valence-electron chi connectivity index (χ2n) is 4.87. The highest BCUT2D eigenvalue weighted by Gasteiger charge is 2.21. The van der Waals surface area contributed by atoms with E-state index in [1.54, 1.807) is 0 Å². The summed E-state index contributed by atoms with van der Waals surface area (Å²) in [7, 11) is 0. The molecule has 0 saturated carbocycles. The molecule has 2 aromatic rings. The number of aromatic amines is 1. The van der Waals surface area contributed by atoms with Gasteiger partial charge in [-0.25, -0.2) is 0 Å². The Kier molecular flexibility index (Phi) is 5.23. The van der Waals surface area contributed by atoms with Crippen molar-refractivity contribution < 1.29 is 4.79 Å². The van der Waals surface area contributed by atoms with Gasteiger partial charge in [-0.05, 0) is 53.3 Å². The van der Waals surface area contributed by atoms with Crippen LogP contribution in [0.2, 0.25) is 0 Å². The number of carbonyl (C=O) groups excluding carboxylic acids is 1. The molecular formula is C14H16ClIN4O. The van der Waals surface area contributed by atoms with Crippen LogP contribution in [0.25, 0.3) is 0 Å². The number of H-pyrrole nitrogens is 1. The van der Waals surface area contributed by atoms with E-state index in [0.29, 0.717) is 12.2 Å². The van der Waals surface area contributed by atoms with E-state index in [9.17, 15) is 4.79 Å². The van der Waals surface area contributed by atoms with Crippen molar-refractivity contribution in [3.63, 3.8) is 0 Å². The van der Waals surface area contributed by atoms with Crippen LogP contribution in [0.4, 0.5) is 5.69 Å². The number of hydrogen-bond donors (Lipinski definition) is 3. The van der Waals surface area contributed by atoms with Gasteiger partial charge in [-0.3, -0.25) is 9.89 Å². The van der Waals surface area contributed by atoms with Gasteiger partial charge in [0.1, 0.15) is 0 Å². The zero-order valence-electron chi connectivity index (χ0n) is 11.5. The van der Waals surface area contributed by atoms with Crippen LogP contribution in [0.3, 0.4) is 0 Å². The van der Waals surface area contributed by atoms with Gasteiger partial charge in [0.15, 0.2) is 5.69 Å². The molecule has 0 atom stereocenters. The summed E-state index contributed by atoms with van der Waals surface area (Å²) < 4.78 is 1.15. The van der Waals surface area contributed by atoms with Gasteiger partial charge in [-0.1, -0.05) is 0 Å². The molecule has 3 rings (SSSR count). The second kappa shape index (κ2) is 6.76. The Hall–Kier alpha value is -1.12. The van der Waals surface area contributed by atoms with Crippen LogP contribution in [0.5, 0.6) is 0 Å². The summed E-state index contributed by atoms with van der Waals surface area (Å²) in [6.45, 7) is 3.60. The minimum absolute atomic E-state index is 0. The van der Waals surface area contributed by atoms with Gasteiger partial charge < -0.3 is 10.6 Å². The van der Waals surface area contributed by atoms with E-state index < -0.39 is 0 Å². The van der Waals surface area contributed by atoms with Crippen LogP contribution in [0.1, 0.15) is 27.3 Å². The first-order valence-corrected chi connectivity index (χ1v) is 7.57. The van der Waals surface area contributed by atoms with Crippen molar-refractivity contribution >= 4 is 46.6 Å². The number of benzene rings is 1. The average molecular weight is 419 g/mol. The summed E-state index contributed by atoms with van der Waals surface area (Å²) in [5, 5.41) is 13.3. The molecule has 1 aromatic carbocycles. The number of aromatic nitrogens is 2. The molecule has 0 unspecified atom stereocenters. The van der Waals surface area contributed by atoms with Gasteiger partial charge in [0.25, 0.3) is 5.91 Å². The number of amides is 1. The summed E-state index contributed by atoms with van der Waals surface area (Å²) >= 11 is 2.26. The fourth-order valence-corrected chi connectivity index (χ4v) is 3.01. The molecule has 0 spiro atoms. The van der Waals surface area contributed by atoms with Crippen molar-refractivity contribution in [2.45, 2.75) is 19.9 Å². The zero-order valence-corrected chi connectivity index (χ0v) is 14.5. The van der Waals surface area contributed by atoms with E-state index in [1.165, 1.54) is 0 Å². The third-order valence-electron chi connectivity index (χ3n) is 3.46. The number of rotatable bonds is 2. The summed E-state index contributed by atoms with van der Waals surface area (Å²) in [4.78, 5) is 12.4. The minimum Gasteiger partial charge on any atom is -0.320 e. The van der Waals surface area contributed by atoms with Gasteiger partial charge >= 0.3 is 0 Å². The molecular weight excluding hydrogens is 403 g/mol. The Morgan fingerprint density at radius 1 is 1.43 bits per heavy atom. The molecule has 21 heavy (non-hydrogen) atoms. The quantitative estimate of drug-likeness (QED) is 0.657. The fourth-order valence-electron chi connectivity index (χ4n) is 2.36. The normalized spacial score (nSPS) is 13.2. The van der Waals surface area contributed by atoms with Crippen molar-refractivity contribution in [2.24, 2.45) is 0 Å². The first-order chi connectivity index (χ1) is 9.65. The highest BCUT2D eigenvalue weighted by atomic mass is 127. The molecule has 0 bridgehead atoms. The molecule has 0 saturated heterocycles. The largest absolute Gasteiger partial charge is 0.320 e. The van der Waals surface area contributed by atoms with E-state index in [-0.39, 0.29) is 18.3 Å². The molecule has 1 amide bonds. The molecule has 112 valence electrons. The Morgan fingerprint density at radius 2 is 2.24 bits per heavy atom. The van der Waals surface area contributed by atoms with E-state index in [0.717, 1.165) is 39.0 Å². The molecule has 1 aliphatic heterocycles. The van der Waals surface area contributed by atoms with Crippen LogP contribution in [0, 0.1) is 10.5 Å². The van der Waals surface area contributed by atoms with Crippen molar-refractivity contribution in [1.29, 1.82) is 0 Å². The van der Waals surface area contributed by atoms with Crippen LogP contribution >= 0.6 is 35.0 Å². The minimum atomic E-state index is -0.157. The van der Waals surface area contributed by atoms with Crippen molar-refractivity contribution in [3.05, 3.63) is 44.3 Å². The molecule has 0 aliphatic carbocycles. The summed E-state index contributed by atoms with van der Waals surface area (Å²) in [6, 6.07) is 5.94. The van der Waals surface area contributed by atoms with Gasteiger partial charge in [-0.2, -0.15) is 5.10 Å². The van der Waals surface area contributed by atoms with Crippen LogP contribution < -0.4 is 10.6 Å². The Labute approximate surface area is 142 Å². The van der Waals surface area contributed by atoms with E-state index in [1.807, 2.05) is 25.1 Å². The first kappa shape index (κ1) is 16.3. The number of halogens is 2. The standard InChI is InChI=1S/C14H15IN4O.ClH/c1-8-6-9(15)2-3-11(8)17-14(20)13-10-7-16-5-4-12(10)18-19-13;/h2-3,6,16H,4-5,7H2,1H3,(H,17,20)(H,18,19);1H. The number of nitrogens with one attached hydrogen (secondary N) is 3. The Bertz CT molecular complexity index is 671. The number of fused-ring (bicyclic) bond motifs is 1.